The molecule has 0 spiro atoms. The van der Waals surface area contributed by atoms with Crippen molar-refractivity contribution in [2.45, 2.75) is 220 Å². The highest BCUT2D eigenvalue weighted by molar-refractivity contribution is 4.86. The van der Waals surface area contributed by atoms with Crippen LogP contribution in [0.25, 0.3) is 0 Å². The smallest absolute Gasteiger partial charge is 0.0468 e. The lowest BCUT2D eigenvalue weighted by Crippen LogP contribution is -2.32. The van der Waals surface area contributed by atoms with E-state index in [1.807, 2.05) is 0 Å². The van der Waals surface area contributed by atoms with Crippen LogP contribution in [0.2, 0.25) is 0 Å². The molecule has 4 fully saturated rings. The third kappa shape index (κ3) is 14.6. The first-order chi connectivity index (χ1) is 23.1. The predicted octanol–water partition coefficient (Wildman–Crippen LogP) is 15.0. The van der Waals surface area contributed by atoms with Crippen molar-refractivity contribution in [3.63, 3.8) is 0 Å². The van der Waals surface area contributed by atoms with E-state index in [0.717, 1.165) is 72.4 Å². The van der Waals surface area contributed by atoms with E-state index in [4.69, 9.17) is 4.74 Å². The Morgan fingerprint density at radius 1 is 0.404 bits per heavy atom. The van der Waals surface area contributed by atoms with Gasteiger partial charge in [-0.1, -0.05) is 156 Å². The molecule has 2 unspecified atom stereocenters. The van der Waals surface area contributed by atoms with Crippen LogP contribution in [0.5, 0.6) is 0 Å². The SMILES string of the molecule is CCCCCCC[C@H]1CC[C@H](C(CCOCCC([C@H]2CC[C@H](C)CC2)[C@H]2CC[C@H](CCCCCCC)CC2)[C@H]2CC[C@H](C)CC2)CC1. The second-order valence-electron chi connectivity index (χ2n) is 18.5. The Hall–Kier alpha value is -0.0400. The number of ether oxygens (including phenoxy) is 1. The van der Waals surface area contributed by atoms with Crippen molar-refractivity contribution >= 4 is 0 Å². The Bertz CT molecular complexity index is 666. The molecular formula is C46H86O. The fourth-order valence-corrected chi connectivity index (χ4v) is 11.6. The van der Waals surface area contributed by atoms with Gasteiger partial charge in [0.15, 0.2) is 0 Å². The zero-order valence-corrected chi connectivity index (χ0v) is 32.8. The second-order valence-corrected chi connectivity index (χ2v) is 18.5. The summed E-state index contributed by atoms with van der Waals surface area (Å²) in [4.78, 5) is 0. The third-order valence-electron chi connectivity index (χ3n) is 14.9. The van der Waals surface area contributed by atoms with Crippen LogP contribution in [0.3, 0.4) is 0 Å². The fourth-order valence-electron chi connectivity index (χ4n) is 11.6. The van der Waals surface area contributed by atoms with Gasteiger partial charge in [0, 0.05) is 13.2 Å². The summed E-state index contributed by atoms with van der Waals surface area (Å²) in [6, 6.07) is 0. The van der Waals surface area contributed by atoms with E-state index >= 15 is 0 Å². The van der Waals surface area contributed by atoms with Gasteiger partial charge in [0.1, 0.15) is 0 Å². The van der Waals surface area contributed by atoms with Crippen molar-refractivity contribution in [1.29, 1.82) is 0 Å². The summed E-state index contributed by atoms with van der Waals surface area (Å²) in [7, 11) is 0. The molecule has 47 heavy (non-hydrogen) atoms. The average molecular weight is 655 g/mol. The molecule has 2 atom stereocenters. The molecule has 0 aromatic heterocycles. The average Bonchev–Trinajstić information content (AvgIpc) is 3.10. The molecule has 1 heteroatoms. The Morgan fingerprint density at radius 2 is 0.723 bits per heavy atom. The van der Waals surface area contributed by atoms with Gasteiger partial charge in [-0.05, 0) is 123 Å². The first-order valence-corrected chi connectivity index (χ1v) is 22.6. The molecular weight excluding hydrogens is 569 g/mol. The van der Waals surface area contributed by atoms with Gasteiger partial charge in [-0.2, -0.15) is 0 Å². The molecule has 0 aromatic rings. The zero-order chi connectivity index (χ0) is 33.1. The van der Waals surface area contributed by atoms with Crippen LogP contribution in [0.4, 0.5) is 0 Å². The van der Waals surface area contributed by atoms with Gasteiger partial charge < -0.3 is 4.74 Å². The van der Waals surface area contributed by atoms with E-state index in [2.05, 4.69) is 27.7 Å². The van der Waals surface area contributed by atoms with Gasteiger partial charge in [0.2, 0.25) is 0 Å². The van der Waals surface area contributed by atoms with Crippen LogP contribution in [-0.4, -0.2) is 13.2 Å². The van der Waals surface area contributed by atoms with Crippen LogP contribution in [0.15, 0.2) is 0 Å². The molecule has 4 aliphatic rings. The van der Waals surface area contributed by atoms with E-state index in [-0.39, 0.29) is 0 Å². The number of unbranched alkanes of at least 4 members (excludes halogenated alkanes) is 8. The van der Waals surface area contributed by atoms with Crippen molar-refractivity contribution < 1.29 is 4.74 Å². The number of hydrogen-bond acceptors (Lipinski definition) is 1. The number of rotatable bonds is 22. The largest absolute Gasteiger partial charge is 0.381 e. The molecule has 276 valence electrons. The highest BCUT2D eigenvalue weighted by atomic mass is 16.5. The van der Waals surface area contributed by atoms with Crippen molar-refractivity contribution in [2.75, 3.05) is 13.2 Å². The van der Waals surface area contributed by atoms with Crippen LogP contribution in [0.1, 0.15) is 220 Å². The zero-order valence-electron chi connectivity index (χ0n) is 32.8. The van der Waals surface area contributed by atoms with E-state index < -0.39 is 0 Å². The monoisotopic (exact) mass is 655 g/mol. The summed E-state index contributed by atoms with van der Waals surface area (Å²) in [5, 5.41) is 0. The molecule has 0 heterocycles. The van der Waals surface area contributed by atoms with Gasteiger partial charge in [-0.25, -0.2) is 0 Å². The third-order valence-corrected chi connectivity index (χ3v) is 14.9. The van der Waals surface area contributed by atoms with E-state index in [9.17, 15) is 0 Å². The molecule has 4 saturated carbocycles. The number of hydrogen-bond donors (Lipinski definition) is 0. The minimum Gasteiger partial charge on any atom is -0.381 e. The summed E-state index contributed by atoms with van der Waals surface area (Å²) in [6.07, 6.45) is 44.5. The highest BCUT2D eigenvalue weighted by Crippen LogP contribution is 2.46. The molecule has 0 N–H and O–H groups in total. The molecule has 4 aliphatic carbocycles. The Balaban J connectivity index is 1.21. The molecule has 0 amide bonds. The van der Waals surface area contributed by atoms with Crippen LogP contribution in [-0.2, 0) is 4.74 Å². The molecule has 0 radical (unpaired) electrons. The lowest BCUT2D eigenvalue weighted by atomic mass is 9.65. The summed E-state index contributed by atoms with van der Waals surface area (Å²) in [5.41, 5.74) is 0. The summed E-state index contributed by atoms with van der Waals surface area (Å²) < 4.78 is 6.71. The minimum atomic E-state index is 0.945. The molecule has 0 bridgehead atoms. The quantitative estimate of drug-likeness (QED) is 0.106. The highest BCUT2D eigenvalue weighted by Gasteiger charge is 2.36. The summed E-state index contributed by atoms with van der Waals surface area (Å²) >= 11 is 0. The Kier molecular flexibility index (Phi) is 19.8. The molecule has 4 rings (SSSR count). The maximum atomic E-state index is 6.71. The van der Waals surface area contributed by atoms with Gasteiger partial charge >= 0.3 is 0 Å². The molecule has 0 aliphatic heterocycles. The Morgan fingerprint density at radius 3 is 1.06 bits per heavy atom. The van der Waals surface area contributed by atoms with Gasteiger partial charge in [-0.15, -0.1) is 0 Å². The standard InChI is InChI=1S/C46H86O/c1-5-7-9-11-13-15-39-21-29-43(30-22-39)45(41-25-17-37(3)18-26-41)33-35-47-36-34-46(42-27-19-38(4)20-28-42)44-31-23-40(24-32-44)16-14-12-10-8-6-2/h37-46H,5-36H2,1-4H3/t37-,38-,39-,40-,41-,42-,43-,44-,45?,46?. The van der Waals surface area contributed by atoms with E-state index in [0.29, 0.717) is 0 Å². The maximum Gasteiger partial charge on any atom is 0.0468 e. The minimum absolute atomic E-state index is 0.945. The molecule has 0 aromatic carbocycles. The van der Waals surface area contributed by atoms with E-state index in [1.165, 1.54) is 193 Å². The summed E-state index contributed by atoms with van der Waals surface area (Å²) in [5.74, 6) is 9.86. The first-order valence-electron chi connectivity index (χ1n) is 22.6. The Labute approximate surface area is 296 Å². The van der Waals surface area contributed by atoms with Crippen molar-refractivity contribution in [2.24, 2.45) is 59.2 Å². The lowest BCUT2D eigenvalue weighted by molar-refractivity contribution is 0.0381. The summed E-state index contributed by atoms with van der Waals surface area (Å²) in [6.45, 7) is 11.8. The van der Waals surface area contributed by atoms with Gasteiger partial charge in [-0.3, -0.25) is 0 Å². The normalized spacial score (nSPS) is 33.4. The lowest BCUT2D eigenvalue weighted by Gasteiger charge is -2.41. The van der Waals surface area contributed by atoms with Crippen molar-refractivity contribution in [3.8, 4) is 0 Å². The van der Waals surface area contributed by atoms with Gasteiger partial charge in [0.05, 0.1) is 0 Å². The topological polar surface area (TPSA) is 9.23 Å². The fraction of sp³-hybridized carbons (Fsp3) is 1.00. The first kappa shape index (κ1) is 39.7. The predicted molar refractivity (Wildman–Crippen MR) is 207 cm³/mol. The van der Waals surface area contributed by atoms with Gasteiger partial charge in [0.25, 0.3) is 0 Å². The van der Waals surface area contributed by atoms with Crippen LogP contribution in [0, 0.1) is 59.2 Å². The van der Waals surface area contributed by atoms with Crippen molar-refractivity contribution in [1.82, 2.24) is 0 Å². The van der Waals surface area contributed by atoms with Crippen LogP contribution >= 0.6 is 0 Å². The second kappa shape index (κ2) is 23.4. The molecule has 0 saturated heterocycles. The maximum absolute atomic E-state index is 6.71. The van der Waals surface area contributed by atoms with E-state index in [1.54, 1.807) is 0 Å². The van der Waals surface area contributed by atoms with Crippen LogP contribution < -0.4 is 0 Å². The van der Waals surface area contributed by atoms with Crippen molar-refractivity contribution in [3.05, 3.63) is 0 Å². The molecule has 1 nitrogen and oxygen atoms in total.